The van der Waals surface area contributed by atoms with Crippen LogP contribution in [-0.2, 0) is 17.6 Å². The van der Waals surface area contributed by atoms with E-state index in [0.717, 1.165) is 29.0 Å². The molecule has 0 saturated carbocycles. The Morgan fingerprint density at radius 2 is 2.04 bits per heavy atom. The van der Waals surface area contributed by atoms with Crippen molar-refractivity contribution in [3.05, 3.63) is 63.7 Å². The van der Waals surface area contributed by atoms with Crippen LogP contribution in [0.3, 0.4) is 0 Å². The lowest BCUT2D eigenvalue weighted by Gasteiger charge is -2.32. The van der Waals surface area contributed by atoms with Gasteiger partial charge in [-0.05, 0) is 47.2 Å². The first kappa shape index (κ1) is 18.3. The second-order valence-electron chi connectivity index (χ2n) is 7.12. The fraction of sp³-hybridized carbons (Fsp3) is 0.429. The summed E-state index contributed by atoms with van der Waals surface area (Å²) in [5.74, 6) is 1.17. The van der Waals surface area contributed by atoms with Crippen molar-refractivity contribution in [3.8, 4) is 0 Å². The Labute approximate surface area is 163 Å². The number of aliphatic hydroxyl groups excluding tert-OH is 2. The van der Waals surface area contributed by atoms with Gasteiger partial charge in [0.25, 0.3) is 0 Å². The standard InChI is InChI=1S/C21H23ClO3S/c22-19-3-2-14(20-11-17(24)10-18(12-23)25-20)9-16(19)8-13-1-4-21-15(7-13)5-6-26-21/h1-4,7,9,17-18,20,23-24H,5-6,8,10-12H2. The molecule has 26 heavy (non-hydrogen) atoms. The normalized spacial score (nSPS) is 25.3. The summed E-state index contributed by atoms with van der Waals surface area (Å²) < 4.78 is 5.94. The molecule has 1 fully saturated rings. The third kappa shape index (κ3) is 3.95. The number of hydrogen-bond donors (Lipinski definition) is 2. The Morgan fingerprint density at radius 1 is 1.15 bits per heavy atom. The summed E-state index contributed by atoms with van der Waals surface area (Å²) in [4.78, 5) is 1.40. The molecule has 0 radical (unpaired) electrons. The molecule has 2 heterocycles. The number of aliphatic hydroxyl groups is 2. The molecule has 3 unspecified atom stereocenters. The van der Waals surface area contributed by atoms with Crippen molar-refractivity contribution >= 4 is 23.4 Å². The minimum absolute atomic E-state index is 0.0683. The van der Waals surface area contributed by atoms with Crippen LogP contribution in [0.4, 0.5) is 0 Å². The summed E-state index contributed by atoms with van der Waals surface area (Å²) in [5.41, 5.74) is 4.78. The molecule has 0 amide bonds. The monoisotopic (exact) mass is 390 g/mol. The van der Waals surface area contributed by atoms with Gasteiger partial charge in [0.1, 0.15) is 0 Å². The van der Waals surface area contributed by atoms with E-state index in [-0.39, 0.29) is 18.8 Å². The van der Waals surface area contributed by atoms with Crippen molar-refractivity contribution in [1.29, 1.82) is 0 Å². The van der Waals surface area contributed by atoms with Crippen molar-refractivity contribution in [3.63, 3.8) is 0 Å². The fourth-order valence-electron chi connectivity index (χ4n) is 3.82. The van der Waals surface area contributed by atoms with Gasteiger partial charge in [-0.15, -0.1) is 11.8 Å². The third-order valence-corrected chi connectivity index (χ3v) is 6.66. The molecule has 2 aliphatic rings. The van der Waals surface area contributed by atoms with Crippen LogP contribution in [0, 0.1) is 0 Å². The number of aryl methyl sites for hydroxylation is 1. The zero-order valence-electron chi connectivity index (χ0n) is 14.5. The van der Waals surface area contributed by atoms with E-state index in [1.807, 2.05) is 23.9 Å². The summed E-state index contributed by atoms with van der Waals surface area (Å²) in [7, 11) is 0. The molecule has 2 aromatic rings. The third-order valence-electron chi connectivity index (χ3n) is 5.17. The SMILES string of the molecule is OCC1CC(O)CC(c2ccc(Cl)c(Cc3ccc4c(c3)CCS4)c2)O1. The molecule has 0 aromatic heterocycles. The lowest BCUT2D eigenvalue weighted by Crippen LogP contribution is -2.33. The van der Waals surface area contributed by atoms with Gasteiger partial charge in [-0.1, -0.05) is 35.9 Å². The zero-order valence-corrected chi connectivity index (χ0v) is 16.1. The van der Waals surface area contributed by atoms with Gasteiger partial charge < -0.3 is 14.9 Å². The molecular weight excluding hydrogens is 368 g/mol. The zero-order chi connectivity index (χ0) is 18.1. The summed E-state index contributed by atoms with van der Waals surface area (Å²) in [6, 6.07) is 12.6. The number of ether oxygens (including phenoxy) is 1. The van der Waals surface area contributed by atoms with E-state index in [9.17, 15) is 10.2 Å². The Kier molecular flexibility index (Phi) is 5.58. The lowest BCUT2D eigenvalue weighted by atomic mass is 9.93. The minimum Gasteiger partial charge on any atom is -0.394 e. The van der Waals surface area contributed by atoms with Gasteiger partial charge in [-0.3, -0.25) is 0 Å². The predicted molar refractivity (Wildman–Crippen MR) is 105 cm³/mol. The highest BCUT2D eigenvalue weighted by atomic mass is 35.5. The molecule has 2 N–H and O–H groups in total. The van der Waals surface area contributed by atoms with Crippen LogP contribution in [0.2, 0.25) is 5.02 Å². The van der Waals surface area contributed by atoms with Crippen LogP contribution in [0.25, 0.3) is 0 Å². The number of rotatable bonds is 4. The van der Waals surface area contributed by atoms with Gasteiger partial charge in [-0.2, -0.15) is 0 Å². The molecule has 1 saturated heterocycles. The molecule has 0 aliphatic carbocycles. The van der Waals surface area contributed by atoms with Crippen LogP contribution in [0.5, 0.6) is 0 Å². The lowest BCUT2D eigenvalue weighted by molar-refractivity contribution is -0.113. The van der Waals surface area contributed by atoms with Crippen molar-refractivity contribution in [2.75, 3.05) is 12.4 Å². The first-order valence-corrected chi connectivity index (χ1v) is 10.5. The van der Waals surface area contributed by atoms with Gasteiger partial charge in [0.15, 0.2) is 0 Å². The van der Waals surface area contributed by atoms with Gasteiger partial charge in [0.2, 0.25) is 0 Å². The van der Waals surface area contributed by atoms with Gasteiger partial charge >= 0.3 is 0 Å². The molecule has 3 nitrogen and oxygen atoms in total. The largest absolute Gasteiger partial charge is 0.394 e. The van der Waals surface area contributed by atoms with Gasteiger partial charge in [0, 0.05) is 28.5 Å². The van der Waals surface area contributed by atoms with E-state index in [1.165, 1.54) is 21.8 Å². The number of thioether (sulfide) groups is 1. The van der Waals surface area contributed by atoms with Gasteiger partial charge in [-0.25, -0.2) is 0 Å². The van der Waals surface area contributed by atoms with Crippen molar-refractivity contribution in [1.82, 2.24) is 0 Å². The minimum atomic E-state index is -0.445. The maximum atomic E-state index is 10.1. The predicted octanol–water partition coefficient (Wildman–Crippen LogP) is 4.15. The molecule has 3 atom stereocenters. The average molecular weight is 391 g/mol. The molecule has 0 bridgehead atoms. The summed E-state index contributed by atoms with van der Waals surface area (Å²) in [5, 5.41) is 20.2. The molecule has 138 valence electrons. The number of benzene rings is 2. The van der Waals surface area contributed by atoms with Crippen LogP contribution >= 0.6 is 23.4 Å². The summed E-state index contributed by atoms with van der Waals surface area (Å²) >= 11 is 8.38. The highest BCUT2D eigenvalue weighted by molar-refractivity contribution is 7.99. The maximum Gasteiger partial charge on any atom is 0.0854 e. The number of hydrogen-bond acceptors (Lipinski definition) is 4. The van der Waals surface area contributed by atoms with E-state index >= 15 is 0 Å². The Hall–Kier alpha value is -1.04. The summed E-state index contributed by atoms with van der Waals surface area (Å²) in [6.45, 7) is -0.0683. The Morgan fingerprint density at radius 3 is 2.88 bits per heavy atom. The molecule has 5 heteroatoms. The van der Waals surface area contributed by atoms with Crippen LogP contribution in [0.15, 0.2) is 41.3 Å². The first-order chi connectivity index (χ1) is 12.6. The van der Waals surface area contributed by atoms with E-state index in [1.54, 1.807) is 0 Å². The highest BCUT2D eigenvalue weighted by Crippen LogP contribution is 2.35. The maximum absolute atomic E-state index is 10.1. The molecule has 2 aliphatic heterocycles. The van der Waals surface area contributed by atoms with E-state index in [4.69, 9.17) is 16.3 Å². The Bertz CT molecular complexity index is 795. The van der Waals surface area contributed by atoms with E-state index < -0.39 is 6.10 Å². The van der Waals surface area contributed by atoms with E-state index in [2.05, 4.69) is 24.3 Å². The fourth-order valence-corrected chi connectivity index (χ4v) is 5.06. The topological polar surface area (TPSA) is 49.7 Å². The van der Waals surface area contributed by atoms with Crippen molar-refractivity contribution < 1.29 is 14.9 Å². The van der Waals surface area contributed by atoms with Crippen molar-refractivity contribution in [2.45, 2.75) is 48.9 Å². The van der Waals surface area contributed by atoms with Crippen molar-refractivity contribution in [2.24, 2.45) is 0 Å². The summed E-state index contributed by atoms with van der Waals surface area (Å²) in [6.07, 6.45) is 2.00. The molecule has 2 aromatic carbocycles. The highest BCUT2D eigenvalue weighted by Gasteiger charge is 2.29. The van der Waals surface area contributed by atoms with Crippen LogP contribution in [-0.4, -0.2) is 34.8 Å². The number of fused-ring (bicyclic) bond motifs is 1. The quantitative estimate of drug-likeness (QED) is 0.823. The molecular formula is C21H23ClO3S. The number of halogens is 1. The average Bonchev–Trinajstić information content (AvgIpc) is 3.10. The van der Waals surface area contributed by atoms with E-state index in [0.29, 0.717) is 12.8 Å². The smallest absolute Gasteiger partial charge is 0.0854 e. The second-order valence-corrected chi connectivity index (χ2v) is 8.67. The second kappa shape index (κ2) is 7.91. The van der Waals surface area contributed by atoms with Gasteiger partial charge in [0.05, 0.1) is 24.9 Å². The first-order valence-electron chi connectivity index (χ1n) is 9.09. The van der Waals surface area contributed by atoms with Crippen LogP contribution < -0.4 is 0 Å². The van der Waals surface area contributed by atoms with Crippen LogP contribution in [0.1, 0.15) is 41.2 Å². The molecule has 4 rings (SSSR count). The Balaban J connectivity index is 1.56. The molecule has 0 spiro atoms.